The second kappa shape index (κ2) is 8.69. The van der Waals surface area contributed by atoms with Crippen LogP contribution in [0.2, 0.25) is 5.02 Å². The highest BCUT2D eigenvalue weighted by Crippen LogP contribution is 2.20. The van der Waals surface area contributed by atoms with Crippen molar-refractivity contribution in [1.82, 2.24) is 10.6 Å². The summed E-state index contributed by atoms with van der Waals surface area (Å²) in [5.74, 6) is 0.557. The summed E-state index contributed by atoms with van der Waals surface area (Å²) in [6.07, 6.45) is 2.21. The summed E-state index contributed by atoms with van der Waals surface area (Å²) in [5.41, 5.74) is 0. The third kappa shape index (κ3) is 6.04. The molecule has 0 radical (unpaired) electrons. The Kier molecular flexibility index (Phi) is 7.61. The van der Waals surface area contributed by atoms with Gasteiger partial charge in [0.25, 0.3) is 0 Å². The number of nitrogens with one attached hydrogen (secondary N) is 2. The van der Waals surface area contributed by atoms with Crippen molar-refractivity contribution in [1.29, 1.82) is 0 Å². The Morgan fingerprint density at radius 3 is 2.79 bits per heavy atom. The van der Waals surface area contributed by atoms with Crippen molar-refractivity contribution in [3.63, 3.8) is 0 Å². The first-order valence-corrected chi connectivity index (χ1v) is 7.49. The Bertz CT molecular complexity index is 394. The Morgan fingerprint density at radius 1 is 1.42 bits per heavy atom. The molecule has 1 amide bonds. The van der Waals surface area contributed by atoms with Crippen LogP contribution in [-0.4, -0.2) is 30.8 Å². The van der Waals surface area contributed by atoms with Crippen molar-refractivity contribution in [3.05, 3.63) is 29.3 Å². The predicted octanol–water partition coefficient (Wildman–Crippen LogP) is 2.72. The molecule has 2 rings (SSSR count). The standard InChI is InChI=1S/C13H17ClN2OS.ClH/c14-10-3-5-12(6-4-10)18-9-13(17)16-11-2-1-7-15-8-11;/h3-6,11,15H,1-2,7-9H2,(H,16,17);1H/t11-;/m0./s1. The fourth-order valence-electron chi connectivity index (χ4n) is 1.92. The monoisotopic (exact) mass is 320 g/mol. The number of benzene rings is 1. The van der Waals surface area contributed by atoms with E-state index in [1.807, 2.05) is 24.3 Å². The highest BCUT2D eigenvalue weighted by molar-refractivity contribution is 8.00. The van der Waals surface area contributed by atoms with Crippen LogP contribution in [-0.2, 0) is 4.79 Å². The van der Waals surface area contributed by atoms with Crippen LogP contribution in [0.1, 0.15) is 12.8 Å². The van der Waals surface area contributed by atoms with E-state index in [0.717, 1.165) is 35.8 Å². The van der Waals surface area contributed by atoms with E-state index in [4.69, 9.17) is 11.6 Å². The summed E-state index contributed by atoms with van der Waals surface area (Å²) in [4.78, 5) is 12.8. The van der Waals surface area contributed by atoms with Gasteiger partial charge in [0.05, 0.1) is 5.75 Å². The first kappa shape index (κ1) is 16.6. The van der Waals surface area contributed by atoms with Gasteiger partial charge >= 0.3 is 0 Å². The third-order valence-corrected chi connectivity index (χ3v) is 4.11. The summed E-state index contributed by atoms with van der Waals surface area (Å²) in [6.45, 7) is 1.95. The molecule has 1 aliphatic rings. The van der Waals surface area contributed by atoms with Gasteiger partial charge in [0.15, 0.2) is 0 Å². The average Bonchev–Trinajstić information content (AvgIpc) is 2.39. The summed E-state index contributed by atoms with van der Waals surface area (Å²) in [6, 6.07) is 7.84. The van der Waals surface area contributed by atoms with E-state index in [9.17, 15) is 4.79 Å². The topological polar surface area (TPSA) is 41.1 Å². The lowest BCUT2D eigenvalue weighted by Crippen LogP contribution is -2.46. The second-order valence-electron chi connectivity index (χ2n) is 4.35. The maximum absolute atomic E-state index is 11.8. The smallest absolute Gasteiger partial charge is 0.230 e. The minimum absolute atomic E-state index is 0. The van der Waals surface area contributed by atoms with E-state index in [0.29, 0.717) is 5.75 Å². The fourth-order valence-corrected chi connectivity index (χ4v) is 2.76. The van der Waals surface area contributed by atoms with Crippen LogP contribution in [0, 0.1) is 0 Å². The van der Waals surface area contributed by atoms with Gasteiger partial charge in [-0.05, 0) is 43.7 Å². The molecule has 3 nitrogen and oxygen atoms in total. The largest absolute Gasteiger partial charge is 0.351 e. The number of carbonyl (C=O) groups excluding carboxylic acids is 1. The van der Waals surface area contributed by atoms with Crippen LogP contribution in [0.4, 0.5) is 0 Å². The maximum Gasteiger partial charge on any atom is 0.230 e. The van der Waals surface area contributed by atoms with E-state index in [-0.39, 0.29) is 24.4 Å². The number of hydrogen-bond donors (Lipinski definition) is 2. The summed E-state index contributed by atoms with van der Waals surface area (Å²) < 4.78 is 0. The van der Waals surface area contributed by atoms with Crippen LogP contribution in [0.15, 0.2) is 29.2 Å². The molecule has 1 aliphatic heterocycles. The highest BCUT2D eigenvalue weighted by atomic mass is 35.5. The minimum atomic E-state index is 0. The summed E-state index contributed by atoms with van der Waals surface area (Å²) in [7, 11) is 0. The first-order chi connectivity index (χ1) is 8.74. The molecule has 0 spiro atoms. The zero-order valence-electron chi connectivity index (χ0n) is 10.5. The number of rotatable bonds is 4. The Hall–Kier alpha value is -0.420. The predicted molar refractivity (Wildman–Crippen MR) is 83.5 cm³/mol. The van der Waals surface area contributed by atoms with Crippen molar-refractivity contribution in [3.8, 4) is 0 Å². The molecule has 106 valence electrons. The van der Waals surface area contributed by atoms with Gasteiger partial charge in [-0.1, -0.05) is 11.6 Å². The van der Waals surface area contributed by atoms with Crippen molar-refractivity contribution >= 4 is 41.7 Å². The van der Waals surface area contributed by atoms with Crippen molar-refractivity contribution in [2.45, 2.75) is 23.8 Å². The molecular formula is C13H18Cl2N2OS. The van der Waals surface area contributed by atoms with E-state index < -0.39 is 0 Å². The number of piperidine rings is 1. The number of halogens is 2. The molecule has 0 saturated carbocycles. The van der Waals surface area contributed by atoms with Gasteiger partial charge in [0.1, 0.15) is 0 Å². The average molecular weight is 321 g/mol. The normalized spacial score (nSPS) is 18.5. The number of amides is 1. The molecule has 1 aromatic carbocycles. The molecule has 1 saturated heterocycles. The highest BCUT2D eigenvalue weighted by Gasteiger charge is 2.15. The Morgan fingerprint density at radius 2 is 2.16 bits per heavy atom. The summed E-state index contributed by atoms with van der Waals surface area (Å²) >= 11 is 7.34. The molecule has 2 N–H and O–H groups in total. The van der Waals surface area contributed by atoms with Crippen LogP contribution in [0.5, 0.6) is 0 Å². The van der Waals surface area contributed by atoms with Crippen LogP contribution in [0.25, 0.3) is 0 Å². The molecule has 19 heavy (non-hydrogen) atoms. The molecule has 1 fully saturated rings. The second-order valence-corrected chi connectivity index (χ2v) is 5.84. The van der Waals surface area contributed by atoms with E-state index in [2.05, 4.69) is 10.6 Å². The van der Waals surface area contributed by atoms with Gasteiger partial charge in [0, 0.05) is 22.5 Å². The van der Waals surface area contributed by atoms with Gasteiger partial charge in [0.2, 0.25) is 5.91 Å². The molecule has 0 bridgehead atoms. The number of hydrogen-bond acceptors (Lipinski definition) is 3. The van der Waals surface area contributed by atoms with E-state index >= 15 is 0 Å². The van der Waals surface area contributed by atoms with Crippen LogP contribution in [0.3, 0.4) is 0 Å². The zero-order valence-corrected chi connectivity index (χ0v) is 12.9. The lowest BCUT2D eigenvalue weighted by molar-refractivity contribution is -0.119. The van der Waals surface area contributed by atoms with Crippen molar-refractivity contribution in [2.75, 3.05) is 18.8 Å². The first-order valence-electron chi connectivity index (χ1n) is 6.12. The molecular weight excluding hydrogens is 303 g/mol. The van der Waals surface area contributed by atoms with Gasteiger partial charge in [-0.25, -0.2) is 0 Å². The van der Waals surface area contributed by atoms with Gasteiger partial charge < -0.3 is 10.6 Å². The van der Waals surface area contributed by atoms with E-state index in [1.54, 1.807) is 0 Å². The van der Waals surface area contributed by atoms with E-state index in [1.165, 1.54) is 11.8 Å². The van der Waals surface area contributed by atoms with Crippen LogP contribution >= 0.6 is 35.8 Å². The molecule has 1 heterocycles. The molecule has 0 aliphatic carbocycles. The van der Waals surface area contributed by atoms with Crippen molar-refractivity contribution < 1.29 is 4.79 Å². The molecule has 0 aromatic heterocycles. The number of carbonyl (C=O) groups is 1. The molecule has 0 unspecified atom stereocenters. The summed E-state index contributed by atoms with van der Waals surface area (Å²) in [5, 5.41) is 7.06. The lowest BCUT2D eigenvalue weighted by atomic mass is 10.1. The van der Waals surface area contributed by atoms with Crippen molar-refractivity contribution in [2.24, 2.45) is 0 Å². The lowest BCUT2D eigenvalue weighted by Gasteiger charge is -2.23. The molecule has 6 heteroatoms. The van der Waals surface area contributed by atoms with Gasteiger partial charge in [-0.3, -0.25) is 4.79 Å². The third-order valence-electron chi connectivity index (χ3n) is 2.85. The van der Waals surface area contributed by atoms with Crippen LogP contribution < -0.4 is 10.6 Å². The SMILES string of the molecule is Cl.O=C(CSc1ccc(Cl)cc1)N[C@H]1CCCNC1. The quantitative estimate of drug-likeness (QED) is 0.838. The Labute approximate surface area is 129 Å². The minimum Gasteiger partial charge on any atom is -0.351 e. The van der Waals surface area contributed by atoms with Gasteiger partial charge in [-0.2, -0.15) is 0 Å². The van der Waals surface area contributed by atoms with Gasteiger partial charge in [-0.15, -0.1) is 24.2 Å². The fraction of sp³-hybridized carbons (Fsp3) is 0.462. The maximum atomic E-state index is 11.8. The molecule has 1 atom stereocenters. The Balaban J connectivity index is 0.00000180. The number of thioether (sulfide) groups is 1. The zero-order chi connectivity index (χ0) is 12.8. The molecule has 1 aromatic rings.